The Bertz CT molecular complexity index is 618. The van der Waals surface area contributed by atoms with E-state index in [4.69, 9.17) is 0 Å². The van der Waals surface area contributed by atoms with Crippen LogP contribution >= 0.6 is 0 Å². The van der Waals surface area contributed by atoms with Crippen LogP contribution in [0.2, 0.25) is 0 Å². The van der Waals surface area contributed by atoms with Gasteiger partial charge in [-0.25, -0.2) is 0 Å². The van der Waals surface area contributed by atoms with Crippen LogP contribution in [0, 0.1) is 5.92 Å². The van der Waals surface area contributed by atoms with Crippen LogP contribution in [0.5, 0.6) is 0 Å². The second-order valence-corrected chi connectivity index (χ2v) is 5.06. The lowest BCUT2D eigenvalue weighted by Gasteiger charge is -2.32. The molecule has 1 fully saturated rings. The van der Waals surface area contributed by atoms with Crippen LogP contribution in [-0.2, 0) is 9.59 Å². The maximum absolute atomic E-state index is 12.3. The molecule has 0 saturated carbocycles. The summed E-state index contributed by atoms with van der Waals surface area (Å²) in [7, 11) is 0. The zero-order valence-corrected chi connectivity index (χ0v) is 12.8. The molecule has 1 aromatic carbocycles. The van der Waals surface area contributed by atoms with E-state index >= 15 is 0 Å². The van der Waals surface area contributed by atoms with Crippen LogP contribution in [0.15, 0.2) is 24.3 Å². The fourth-order valence-electron chi connectivity index (χ4n) is 2.76. The minimum Gasteiger partial charge on any atom is -0.295 e. The van der Waals surface area contributed by atoms with Crippen LogP contribution < -0.4 is 5.32 Å². The predicted octanol–water partition coefficient (Wildman–Crippen LogP) is 1.36. The minimum absolute atomic E-state index is 0.115. The topological polar surface area (TPSA) is 83.6 Å². The van der Waals surface area contributed by atoms with E-state index in [1.807, 2.05) is 13.8 Å². The Morgan fingerprint density at radius 2 is 1.50 bits per heavy atom. The molecule has 22 heavy (non-hydrogen) atoms. The summed E-state index contributed by atoms with van der Waals surface area (Å²) < 4.78 is 0. The third-order valence-corrected chi connectivity index (χ3v) is 3.68. The smallest absolute Gasteiger partial charge is 0.262 e. The third kappa shape index (κ3) is 2.41. The predicted molar refractivity (Wildman–Crippen MR) is 79.0 cm³/mol. The van der Waals surface area contributed by atoms with Gasteiger partial charge in [-0.1, -0.05) is 32.9 Å². The molecule has 0 aromatic heterocycles. The number of imide groups is 2. The normalized spacial score (nSPS) is 23.7. The highest BCUT2D eigenvalue weighted by Gasteiger charge is 2.47. The molecule has 2 aliphatic rings. The summed E-state index contributed by atoms with van der Waals surface area (Å²) in [5.74, 6) is -2.32. The molecule has 1 saturated heterocycles. The van der Waals surface area contributed by atoms with Crippen molar-refractivity contribution in [3.05, 3.63) is 35.4 Å². The lowest BCUT2D eigenvalue weighted by Crippen LogP contribution is -2.58. The highest BCUT2D eigenvalue weighted by molar-refractivity contribution is 6.23. The van der Waals surface area contributed by atoms with Crippen molar-refractivity contribution < 1.29 is 19.2 Å². The number of hydrogen-bond acceptors (Lipinski definition) is 4. The van der Waals surface area contributed by atoms with E-state index < -0.39 is 29.7 Å². The van der Waals surface area contributed by atoms with Crippen LogP contribution in [0.4, 0.5) is 0 Å². The van der Waals surface area contributed by atoms with E-state index in [-0.39, 0.29) is 12.3 Å². The van der Waals surface area contributed by atoms with E-state index in [2.05, 4.69) is 5.32 Å². The summed E-state index contributed by atoms with van der Waals surface area (Å²) in [5.41, 5.74) is 0.601. The lowest BCUT2D eigenvalue weighted by atomic mass is 9.92. The average Bonchev–Trinajstić information content (AvgIpc) is 2.74. The van der Waals surface area contributed by atoms with Crippen molar-refractivity contribution in [2.45, 2.75) is 33.2 Å². The fourth-order valence-corrected chi connectivity index (χ4v) is 2.76. The summed E-state index contributed by atoms with van der Waals surface area (Å²) >= 11 is 0. The second-order valence-electron chi connectivity index (χ2n) is 5.06. The molecule has 2 heterocycles. The maximum atomic E-state index is 12.3. The van der Waals surface area contributed by atoms with Gasteiger partial charge in [-0.15, -0.1) is 0 Å². The number of piperidine rings is 1. The van der Waals surface area contributed by atoms with E-state index in [1.165, 1.54) is 0 Å². The molecule has 4 amide bonds. The Balaban J connectivity index is 0.000000847. The van der Waals surface area contributed by atoms with E-state index in [0.717, 1.165) is 4.90 Å². The van der Waals surface area contributed by atoms with Gasteiger partial charge in [0.2, 0.25) is 11.8 Å². The first-order valence-corrected chi connectivity index (χ1v) is 7.31. The molecule has 0 radical (unpaired) electrons. The van der Waals surface area contributed by atoms with Gasteiger partial charge in [0.15, 0.2) is 0 Å². The molecule has 2 unspecified atom stereocenters. The summed E-state index contributed by atoms with van der Waals surface area (Å²) in [4.78, 5) is 48.9. The third-order valence-electron chi connectivity index (χ3n) is 3.68. The van der Waals surface area contributed by atoms with Gasteiger partial charge in [0.25, 0.3) is 11.8 Å². The number of rotatable bonds is 1. The summed E-state index contributed by atoms with van der Waals surface area (Å²) in [5, 5.41) is 2.18. The summed E-state index contributed by atoms with van der Waals surface area (Å²) in [6.07, 6.45) is 0.115. The molecule has 0 spiro atoms. The van der Waals surface area contributed by atoms with Gasteiger partial charge >= 0.3 is 0 Å². The van der Waals surface area contributed by atoms with Gasteiger partial charge in [0.05, 0.1) is 11.1 Å². The molecule has 6 heteroatoms. The first-order valence-electron chi connectivity index (χ1n) is 7.31. The molecule has 116 valence electrons. The van der Waals surface area contributed by atoms with Crippen molar-refractivity contribution in [1.82, 2.24) is 10.2 Å². The van der Waals surface area contributed by atoms with Crippen molar-refractivity contribution in [3.63, 3.8) is 0 Å². The largest absolute Gasteiger partial charge is 0.295 e. The minimum atomic E-state index is -0.930. The Hall–Kier alpha value is -2.50. The molecule has 0 aliphatic carbocycles. The fraction of sp³-hybridized carbons (Fsp3) is 0.375. The number of carbonyl (C=O) groups is 4. The summed E-state index contributed by atoms with van der Waals surface area (Å²) in [6, 6.07) is 5.53. The zero-order chi connectivity index (χ0) is 16.4. The molecular formula is C16H18N2O4. The molecular weight excluding hydrogens is 284 g/mol. The quantitative estimate of drug-likeness (QED) is 0.794. The van der Waals surface area contributed by atoms with Crippen LogP contribution in [0.1, 0.15) is 47.9 Å². The van der Waals surface area contributed by atoms with Crippen LogP contribution in [0.25, 0.3) is 0 Å². The van der Waals surface area contributed by atoms with Crippen molar-refractivity contribution in [1.29, 1.82) is 0 Å². The van der Waals surface area contributed by atoms with E-state index in [9.17, 15) is 19.2 Å². The van der Waals surface area contributed by atoms with Gasteiger partial charge in [-0.2, -0.15) is 0 Å². The Morgan fingerprint density at radius 3 is 1.95 bits per heavy atom. The highest BCUT2D eigenvalue weighted by atomic mass is 16.2. The molecule has 1 aromatic rings. The van der Waals surface area contributed by atoms with Gasteiger partial charge in [0, 0.05) is 6.42 Å². The van der Waals surface area contributed by atoms with Gasteiger partial charge in [0.1, 0.15) is 6.04 Å². The van der Waals surface area contributed by atoms with Gasteiger partial charge in [-0.05, 0) is 18.1 Å². The molecule has 3 rings (SSSR count). The Kier molecular flexibility index (Phi) is 4.40. The van der Waals surface area contributed by atoms with Crippen molar-refractivity contribution in [2.24, 2.45) is 5.92 Å². The molecule has 2 atom stereocenters. The number of nitrogens with one attached hydrogen (secondary N) is 1. The number of fused-ring (bicyclic) bond motifs is 1. The number of carbonyl (C=O) groups excluding carboxylic acids is 4. The first-order chi connectivity index (χ1) is 10.5. The van der Waals surface area contributed by atoms with Crippen molar-refractivity contribution in [3.8, 4) is 0 Å². The van der Waals surface area contributed by atoms with E-state index in [1.54, 1.807) is 31.2 Å². The molecule has 2 aliphatic heterocycles. The highest BCUT2D eigenvalue weighted by Crippen LogP contribution is 2.29. The average molecular weight is 302 g/mol. The Labute approximate surface area is 128 Å². The SMILES string of the molecule is CC.CC1CC(=O)NC(=O)C1N1C(=O)c2ccccc2C1=O. The molecule has 6 nitrogen and oxygen atoms in total. The van der Waals surface area contributed by atoms with Gasteiger partial charge in [-0.3, -0.25) is 29.4 Å². The van der Waals surface area contributed by atoms with Crippen LogP contribution in [0.3, 0.4) is 0 Å². The molecule has 0 bridgehead atoms. The molecule has 1 N–H and O–H groups in total. The number of amides is 4. The zero-order valence-electron chi connectivity index (χ0n) is 12.8. The number of hydrogen-bond donors (Lipinski definition) is 1. The maximum Gasteiger partial charge on any atom is 0.262 e. The van der Waals surface area contributed by atoms with Crippen molar-refractivity contribution >= 4 is 23.6 Å². The van der Waals surface area contributed by atoms with Crippen molar-refractivity contribution in [2.75, 3.05) is 0 Å². The monoisotopic (exact) mass is 302 g/mol. The first kappa shape index (κ1) is 15.9. The summed E-state index contributed by atoms with van der Waals surface area (Å²) in [6.45, 7) is 5.69. The van der Waals surface area contributed by atoms with E-state index in [0.29, 0.717) is 11.1 Å². The Morgan fingerprint density at radius 1 is 1.00 bits per heavy atom. The standard InChI is InChI=1S/C14H12N2O4.C2H6/c1-7-6-10(17)15-12(18)11(7)16-13(19)8-4-2-3-5-9(8)14(16)20;1-2/h2-5,7,11H,6H2,1H3,(H,15,17,18);1-2H3. The van der Waals surface area contributed by atoms with Crippen LogP contribution in [-0.4, -0.2) is 34.6 Å². The second kappa shape index (κ2) is 6.09. The number of nitrogens with zero attached hydrogens (tertiary/aromatic N) is 1. The lowest BCUT2D eigenvalue weighted by molar-refractivity contribution is -0.138. The van der Waals surface area contributed by atoms with Gasteiger partial charge < -0.3 is 0 Å². The number of benzene rings is 1.